The number of aliphatic hydroxyl groups excluding tert-OH is 1. The lowest BCUT2D eigenvalue weighted by atomic mass is 9.77. The maximum Gasteiger partial charge on any atom is 0.308 e. The minimum atomic E-state index is -3.49. The molecule has 0 aliphatic heterocycles. The third-order valence-corrected chi connectivity index (χ3v) is 6.45. The molecule has 0 aliphatic rings. The normalized spacial score (nSPS) is 12.6. The fourth-order valence-electron chi connectivity index (χ4n) is 3.28. The van der Waals surface area contributed by atoms with E-state index in [4.69, 9.17) is 37.1 Å². The van der Waals surface area contributed by atoms with Gasteiger partial charge in [0.1, 0.15) is 43.1 Å². The number of hydrogen-bond acceptors (Lipinski definition) is 8. The van der Waals surface area contributed by atoms with Gasteiger partial charge in [0.2, 0.25) is 10.0 Å². The van der Waals surface area contributed by atoms with Crippen LogP contribution in [0.5, 0.6) is 11.5 Å². The average Bonchev–Trinajstić information content (AvgIpc) is 3.26. The lowest BCUT2D eigenvalue weighted by Crippen LogP contribution is -2.21. The molecule has 9 nitrogen and oxygen atoms in total. The van der Waals surface area contributed by atoms with E-state index in [0.717, 1.165) is 17.4 Å². The highest BCUT2D eigenvalue weighted by molar-refractivity contribution is 7.91. The Morgan fingerprint density at radius 2 is 1.92 bits per heavy atom. The quantitative estimate of drug-likeness (QED) is 0.332. The number of oxazole rings is 1. The summed E-state index contributed by atoms with van der Waals surface area (Å²) in [6.45, 7) is 4.00. The van der Waals surface area contributed by atoms with Gasteiger partial charge in [-0.05, 0) is 35.4 Å². The van der Waals surface area contributed by atoms with Gasteiger partial charge in [0.15, 0.2) is 5.75 Å². The Kier molecular flexibility index (Phi) is 8.74. The van der Waals surface area contributed by atoms with Gasteiger partial charge in [-0.3, -0.25) is 0 Å². The van der Waals surface area contributed by atoms with Crippen molar-refractivity contribution in [1.29, 1.82) is 5.26 Å². The summed E-state index contributed by atoms with van der Waals surface area (Å²) in [7, 11) is -3.49. The highest BCUT2D eigenvalue weighted by atomic mass is 35.5. The highest BCUT2D eigenvalue weighted by Crippen LogP contribution is 2.38. The first-order valence-corrected chi connectivity index (χ1v) is 13.5. The van der Waals surface area contributed by atoms with Crippen molar-refractivity contribution >= 4 is 39.2 Å². The van der Waals surface area contributed by atoms with Crippen LogP contribution in [0.3, 0.4) is 0 Å². The first-order valence-electron chi connectivity index (χ1n) is 10.7. The lowest BCUT2D eigenvalue weighted by molar-refractivity contribution is 0.125. The summed E-state index contributed by atoms with van der Waals surface area (Å²) in [5, 5.41) is 19.5. The maximum absolute atomic E-state index is 11.3. The van der Waals surface area contributed by atoms with Crippen LogP contribution in [0, 0.1) is 11.3 Å². The van der Waals surface area contributed by atoms with E-state index in [1.807, 2.05) is 26.0 Å². The van der Waals surface area contributed by atoms with Crippen LogP contribution in [0.1, 0.15) is 36.2 Å². The number of halogens is 2. The molecule has 1 heterocycles. The van der Waals surface area contributed by atoms with Crippen molar-refractivity contribution in [2.75, 3.05) is 23.5 Å². The zero-order chi connectivity index (χ0) is 26.5. The van der Waals surface area contributed by atoms with Gasteiger partial charge in [-0.15, -0.1) is 11.6 Å². The SMILES string of the molecule is CC(C)(c1ccc(OCc2coc(NS(C)(=O)=O)n2)cc1)c1cc(Cl)c(OC[C@H](O)CCl)c(C#N)c1. The molecule has 0 bridgehead atoms. The fourth-order valence-corrected chi connectivity index (χ4v) is 4.05. The van der Waals surface area contributed by atoms with E-state index < -0.39 is 21.5 Å². The standard InChI is InChI=1S/C24H25Cl2N3O6S/c1-24(2,17-8-15(11-27)22(21(26)9-17)34-14-19(30)10-25)16-4-6-20(7-5-16)33-12-18-13-35-23(28-18)29-36(3,31)32/h4-9,13,19,30H,10,12,14H2,1-3H3,(H,28,29)/t19-/m1/s1. The van der Waals surface area contributed by atoms with E-state index in [1.165, 1.54) is 6.26 Å². The minimum Gasteiger partial charge on any atom is -0.488 e. The molecule has 0 amide bonds. The molecule has 0 radical (unpaired) electrons. The Morgan fingerprint density at radius 1 is 1.22 bits per heavy atom. The number of nitriles is 1. The summed E-state index contributed by atoms with van der Waals surface area (Å²) >= 11 is 12.0. The lowest BCUT2D eigenvalue weighted by Gasteiger charge is -2.27. The zero-order valence-corrected chi connectivity index (χ0v) is 22.1. The number of ether oxygens (including phenoxy) is 2. The molecule has 192 valence electrons. The molecule has 0 saturated carbocycles. The number of hydrogen-bond donors (Lipinski definition) is 2. The number of aliphatic hydroxyl groups is 1. The summed E-state index contributed by atoms with van der Waals surface area (Å²) in [6.07, 6.45) is 1.44. The van der Waals surface area contributed by atoms with E-state index in [0.29, 0.717) is 11.4 Å². The molecule has 12 heteroatoms. The summed E-state index contributed by atoms with van der Waals surface area (Å²) in [6, 6.07) is 12.8. The molecular weight excluding hydrogens is 529 g/mol. The Morgan fingerprint density at radius 3 is 2.53 bits per heavy atom. The fraction of sp³-hybridized carbons (Fsp3) is 0.333. The van der Waals surface area contributed by atoms with Crippen molar-refractivity contribution in [3.05, 3.63) is 70.1 Å². The Balaban J connectivity index is 1.73. The summed E-state index contributed by atoms with van der Waals surface area (Å²) in [4.78, 5) is 4.01. The monoisotopic (exact) mass is 553 g/mol. The number of benzene rings is 2. The number of rotatable bonds is 11. The topological polar surface area (TPSA) is 135 Å². The van der Waals surface area contributed by atoms with E-state index in [1.54, 1.807) is 24.3 Å². The molecule has 0 saturated heterocycles. The molecule has 36 heavy (non-hydrogen) atoms. The predicted molar refractivity (Wildman–Crippen MR) is 136 cm³/mol. The molecule has 1 aromatic heterocycles. The highest BCUT2D eigenvalue weighted by Gasteiger charge is 2.26. The van der Waals surface area contributed by atoms with Gasteiger partial charge >= 0.3 is 6.01 Å². The molecular formula is C24H25Cl2N3O6S. The van der Waals surface area contributed by atoms with Crippen LogP contribution < -0.4 is 14.2 Å². The Hall–Kier alpha value is -2.97. The van der Waals surface area contributed by atoms with Crippen molar-refractivity contribution in [2.24, 2.45) is 0 Å². The van der Waals surface area contributed by atoms with Crippen molar-refractivity contribution in [3.63, 3.8) is 0 Å². The van der Waals surface area contributed by atoms with E-state index in [-0.39, 0.29) is 41.4 Å². The second-order valence-electron chi connectivity index (χ2n) is 8.52. The largest absolute Gasteiger partial charge is 0.488 e. The van der Waals surface area contributed by atoms with Crippen LogP contribution in [0.4, 0.5) is 6.01 Å². The number of anilines is 1. The third kappa shape index (κ3) is 7.04. The van der Waals surface area contributed by atoms with Crippen molar-refractivity contribution in [2.45, 2.75) is 32.0 Å². The van der Waals surface area contributed by atoms with Gasteiger partial charge in [-0.2, -0.15) is 10.2 Å². The van der Waals surface area contributed by atoms with E-state index in [2.05, 4.69) is 15.8 Å². The van der Waals surface area contributed by atoms with Crippen LogP contribution in [0.15, 0.2) is 47.1 Å². The molecule has 1 atom stereocenters. The number of sulfonamides is 1. The summed E-state index contributed by atoms with van der Waals surface area (Å²) in [5.74, 6) is 0.784. The van der Waals surface area contributed by atoms with Crippen LogP contribution in [0.2, 0.25) is 5.02 Å². The predicted octanol–water partition coefficient (Wildman–Crippen LogP) is 4.45. The smallest absolute Gasteiger partial charge is 0.308 e. The second-order valence-corrected chi connectivity index (χ2v) is 11.0. The Labute approximate surface area is 219 Å². The van der Waals surface area contributed by atoms with E-state index in [9.17, 15) is 18.8 Å². The third-order valence-electron chi connectivity index (χ3n) is 5.27. The van der Waals surface area contributed by atoms with Gasteiger partial charge in [0, 0.05) is 5.41 Å². The Bertz CT molecular complexity index is 1350. The van der Waals surface area contributed by atoms with Crippen molar-refractivity contribution in [1.82, 2.24) is 4.98 Å². The van der Waals surface area contributed by atoms with E-state index >= 15 is 0 Å². The number of alkyl halides is 1. The summed E-state index contributed by atoms with van der Waals surface area (Å²) < 4.78 is 41.0. The second kappa shape index (κ2) is 11.4. The number of nitrogens with one attached hydrogen (secondary N) is 1. The van der Waals surface area contributed by atoms with Gasteiger partial charge in [0.05, 0.1) is 22.7 Å². The van der Waals surface area contributed by atoms with Crippen molar-refractivity contribution < 1.29 is 27.4 Å². The summed E-state index contributed by atoms with van der Waals surface area (Å²) in [5.41, 5.74) is 1.91. The van der Waals surface area contributed by atoms with Crippen molar-refractivity contribution in [3.8, 4) is 17.6 Å². The van der Waals surface area contributed by atoms with Gasteiger partial charge in [-0.1, -0.05) is 37.6 Å². The first kappa shape index (κ1) is 27.6. The van der Waals surface area contributed by atoms with Crippen LogP contribution in [-0.2, 0) is 22.0 Å². The minimum absolute atomic E-state index is 0.00432. The average molecular weight is 554 g/mol. The van der Waals surface area contributed by atoms with Gasteiger partial charge < -0.3 is 19.0 Å². The molecule has 3 aromatic rings. The van der Waals surface area contributed by atoms with Gasteiger partial charge in [-0.25, -0.2) is 13.1 Å². The molecule has 3 rings (SSSR count). The number of aromatic nitrogens is 1. The molecule has 2 aromatic carbocycles. The molecule has 0 unspecified atom stereocenters. The zero-order valence-electron chi connectivity index (χ0n) is 19.8. The van der Waals surface area contributed by atoms with Crippen LogP contribution >= 0.6 is 23.2 Å². The number of nitrogens with zero attached hydrogens (tertiary/aromatic N) is 2. The maximum atomic E-state index is 11.3. The first-order chi connectivity index (χ1) is 16.9. The molecule has 0 spiro atoms. The molecule has 0 aliphatic carbocycles. The van der Waals surface area contributed by atoms with Crippen LogP contribution in [0.25, 0.3) is 0 Å². The molecule has 0 fully saturated rings. The molecule has 2 N–H and O–H groups in total. The van der Waals surface area contributed by atoms with Crippen LogP contribution in [-0.4, -0.2) is 43.4 Å². The van der Waals surface area contributed by atoms with Gasteiger partial charge in [0.25, 0.3) is 0 Å².